The number of hydrogen-bond donors (Lipinski definition) is 1. The van der Waals surface area contributed by atoms with Gasteiger partial charge in [0.1, 0.15) is 5.57 Å². The largest absolute Gasteiger partial charge is 0.490 e. The normalized spacial score (nSPS) is 15.3. The van der Waals surface area contributed by atoms with Crippen LogP contribution in [0.1, 0.15) is 22.8 Å². The maximum absolute atomic E-state index is 12.8. The zero-order valence-electron chi connectivity index (χ0n) is 18.6. The molecule has 2 amide bonds. The number of esters is 1. The Morgan fingerprint density at radius 2 is 1.80 bits per heavy atom. The molecular weight excluding hydrogens is 452 g/mol. The molecule has 0 atom stereocenters. The topological polar surface area (TPSA) is 103 Å². The fraction of sp³-hybridized carbons (Fsp3) is 0.115. The van der Waals surface area contributed by atoms with Crippen molar-refractivity contribution in [3.05, 3.63) is 83.4 Å². The number of amides is 2. The van der Waals surface area contributed by atoms with Crippen LogP contribution in [0.3, 0.4) is 0 Å². The first-order valence-electron chi connectivity index (χ1n) is 10.8. The highest BCUT2D eigenvalue weighted by Crippen LogP contribution is 2.34. The van der Waals surface area contributed by atoms with Gasteiger partial charge in [0.05, 0.1) is 17.9 Å². The molecule has 0 spiro atoms. The molecule has 9 nitrogen and oxygen atoms in total. The van der Waals surface area contributed by atoms with Gasteiger partial charge in [-0.15, -0.1) is 0 Å². The van der Waals surface area contributed by atoms with Crippen LogP contribution < -0.4 is 29.4 Å². The first kappa shape index (κ1) is 22.0. The summed E-state index contributed by atoms with van der Waals surface area (Å²) in [5, 5.41) is 1.19. The molecule has 2 aliphatic rings. The molecule has 1 fully saturated rings. The number of nitrogens with one attached hydrogen (secondary N) is 1. The third-order valence-corrected chi connectivity index (χ3v) is 5.30. The van der Waals surface area contributed by atoms with E-state index in [-0.39, 0.29) is 23.7 Å². The van der Waals surface area contributed by atoms with E-state index in [2.05, 4.69) is 5.43 Å². The summed E-state index contributed by atoms with van der Waals surface area (Å²) in [6.07, 6.45) is 1.46. The highest BCUT2D eigenvalue weighted by atomic mass is 16.7. The molecule has 35 heavy (non-hydrogen) atoms. The van der Waals surface area contributed by atoms with Crippen LogP contribution in [0.4, 0.5) is 5.69 Å². The van der Waals surface area contributed by atoms with E-state index in [4.69, 9.17) is 18.9 Å². The molecule has 0 unspecified atom stereocenters. The second-order valence-corrected chi connectivity index (χ2v) is 7.57. The quantitative estimate of drug-likeness (QED) is 0.254. The maximum Gasteiger partial charge on any atom is 0.343 e. The number of hydrogen-bond acceptors (Lipinski definition) is 7. The van der Waals surface area contributed by atoms with Crippen molar-refractivity contribution in [3.63, 3.8) is 0 Å². The Kier molecular flexibility index (Phi) is 5.80. The zero-order chi connectivity index (χ0) is 24.4. The van der Waals surface area contributed by atoms with Gasteiger partial charge in [0.25, 0.3) is 11.8 Å². The van der Waals surface area contributed by atoms with Crippen molar-refractivity contribution in [2.24, 2.45) is 0 Å². The number of anilines is 1. The van der Waals surface area contributed by atoms with Crippen LogP contribution in [0.15, 0.2) is 72.3 Å². The molecule has 3 aromatic carbocycles. The molecule has 1 saturated heterocycles. The molecule has 0 bridgehead atoms. The molecule has 2 heterocycles. The third-order valence-electron chi connectivity index (χ3n) is 5.30. The van der Waals surface area contributed by atoms with E-state index in [0.717, 1.165) is 0 Å². The van der Waals surface area contributed by atoms with E-state index < -0.39 is 17.8 Å². The van der Waals surface area contributed by atoms with E-state index >= 15 is 0 Å². The smallest absolute Gasteiger partial charge is 0.343 e. The summed E-state index contributed by atoms with van der Waals surface area (Å²) in [5.41, 5.74) is 3.91. The minimum Gasteiger partial charge on any atom is -0.490 e. The summed E-state index contributed by atoms with van der Waals surface area (Å²) in [4.78, 5) is 38.0. The van der Waals surface area contributed by atoms with Gasteiger partial charge in [0, 0.05) is 0 Å². The van der Waals surface area contributed by atoms with Crippen molar-refractivity contribution in [2.45, 2.75) is 6.92 Å². The minimum atomic E-state index is -0.598. The first-order chi connectivity index (χ1) is 17.0. The lowest BCUT2D eigenvalue weighted by molar-refractivity contribution is -0.117. The average molecular weight is 472 g/mol. The number of rotatable bonds is 6. The third kappa shape index (κ3) is 4.39. The highest BCUT2D eigenvalue weighted by molar-refractivity contribution is 6.31. The lowest BCUT2D eigenvalue weighted by Crippen LogP contribution is -2.35. The number of benzene rings is 3. The Morgan fingerprint density at radius 3 is 2.60 bits per heavy atom. The van der Waals surface area contributed by atoms with Crippen molar-refractivity contribution in [1.29, 1.82) is 0 Å². The van der Waals surface area contributed by atoms with Crippen LogP contribution in [-0.4, -0.2) is 31.2 Å². The Labute approximate surface area is 200 Å². The Morgan fingerprint density at radius 1 is 1.00 bits per heavy atom. The molecule has 3 aromatic rings. The van der Waals surface area contributed by atoms with Crippen LogP contribution in [0.2, 0.25) is 0 Å². The van der Waals surface area contributed by atoms with E-state index in [1.54, 1.807) is 67.6 Å². The van der Waals surface area contributed by atoms with E-state index in [9.17, 15) is 14.4 Å². The number of carbonyl (C=O) groups excluding carboxylic acids is 3. The van der Waals surface area contributed by atoms with Crippen LogP contribution >= 0.6 is 0 Å². The van der Waals surface area contributed by atoms with Crippen molar-refractivity contribution in [2.75, 3.05) is 18.4 Å². The summed E-state index contributed by atoms with van der Waals surface area (Å²) in [5.74, 6) is -0.0703. The van der Waals surface area contributed by atoms with Crippen LogP contribution in [0.5, 0.6) is 23.0 Å². The molecule has 2 aliphatic heterocycles. The van der Waals surface area contributed by atoms with Crippen molar-refractivity contribution >= 4 is 29.5 Å². The second kappa shape index (κ2) is 9.22. The first-order valence-corrected chi connectivity index (χ1v) is 10.8. The summed E-state index contributed by atoms with van der Waals surface area (Å²) in [7, 11) is 0. The number of carbonyl (C=O) groups is 3. The predicted molar refractivity (Wildman–Crippen MR) is 125 cm³/mol. The number of hydrazine groups is 1. The second-order valence-electron chi connectivity index (χ2n) is 7.57. The summed E-state index contributed by atoms with van der Waals surface area (Å²) in [6, 6.07) is 18.4. The van der Waals surface area contributed by atoms with Gasteiger partial charge in [0.2, 0.25) is 6.79 Å². The average Bonchev–Trinajstić information content (AvgIpc) is 3.45. The molecule has 176 valence electrons. The molecule has 9 heteroatoms. The standard InChI is InChI=1S/C26H20N2O7/c1-2-32-22-13-16(12-19-24(29)27-28(25(19)30)18-6-4-3-5-7-18)8-10-21(22)35-26(31)17-9-11-20-23(14-17)34-15-33-20/h3-14H,2,15H2,1H3,(H,27,29)/b19-12-. The van der Waals surface area contributed by atoms with Gasteiger partial charge >= 0.3 is 5.97 Å². The Bertz CT molecular complexity index is 1350. The van der Waals surface area contributed by atoms with Gasteiger partial charge in [-0.3, -0.25) is 15.0 Å². The van der Waals surface area contributed by atoms with Gasteiger partial charge in [-0.25, -0.2) is 9.80 Å². The minimum absolute atomic E-state index is 0.0265. The monoisotopic (exact) mass is 472 g/mol. The zero-order valence-corrected chi connectivity index (χ0v) is 18.6. The Hall–Kier alpha value is -4.79. The lowest BCUT2D eigenvalue weighted by Gasteiger charge is -2.14. The molecule has 0 saturated carbocycles. The van der Waals surface area contributed by atoms with Gasteiger partial charge in [-0.1, -0.05) is 24.3 Å². The number of ether oxygens (including phenoxy) is 4. The molecule has 0 aromatic heterocycles. The maximum atomic E-state index is 12.8. The van der Waals surface area contributed by atoms with Gasteiger partial charge in [0.15, 0.2) is 23.0 Å². The van der Waals surface area contributed by atoms with Crippen LogP contribution in [0.25, 0.3) is 6.08 Å². The number of para-hydroxylation sites is 1. The van der Waals surface area contributed by atoms with Crippen LogP contribution in [-0.2, 0) is 9.59 Å². The van der Waals surface area contributed by atoms with Gasteiger partial charge in [-0.05, 0) is 61.0 Å². The summed E-state index contributed by atoms with van der Waals surface area (Å²) in [6.45, 7) is 2.21. The molecule has 5 rings (SSSR count). The fourth-order valence-electron chi connectivity index (χ4n) is 3.63. The fourth-order valence-corrected chi connectivity index (χ4v) is 3.63. The van der Waals surface area contributed by atoms with E-state index in [1.165, 1.54) is 11.1 Å². The van der Waals surface area contributed by atoms with Gasteiger partial charge in [-0.2, -0.15) is 0 Å². The Balaban J connectivity index is 1.38. The molecule has 1 N–H and O–H groups in total. The van der Waals surface area contributed by atoms with Crippen molar-refractivity contribution in [1.82, 2.24) is 5.43 Å². The number of fused-ring (bicyclic) bond motifs is 1. The molecule has 0 aliphatic carbocycles. The predicted octanol–water partition coefficient (Wildman–Crippen LogP) is 3.49. The summed E-state index contributed by atoms with van der Waals surface area (Å²) >= 11 is 0. The van der Waals surface area contributed by atoms with Crippen molar-refractivity contribution < 1.29 is 33.3 Å². The lowest BCUT2D eigenvalue weighted by atomic mass is 10.1. The van der Waals surface area contributed by atoms with Crippen molar-refractivity contribution in [3.8, 4) is 23.0 Å². The summed E-state index contributed by atoms with van der Waals surface area (Å²) < 4.78 is 21.8. The van der Waals surface area contributed by atoms with Gasteiger partial charge < -0.3 is 18.9 Å². The molecule has 0 radical (unpaired) electrons. The molecular formula is C26H20N2O7. The SMILES string of the molecule is CCOc1cc(/C=C2/C(=O)NN(c3ccccc3)C2=O)ccc1OC(=O)c1ccc2c(c1)OCO2. The van der Waals surface area contributed by atoms with E-state index in [0.29, 0.717) is 35.1 Å². The number of nitrogens with zero attached hydrogens (tertiary/aromatic N) is 1. The highest BCUT2D eigenvalue weighted by Gasteiger charge is 2.34. The van der Waals surface area contributed by atoms with E-state index in [1.807, 2.05) is 6.07 Å². The van der Waals surface area contributed by atoms with Crippen LogP contribution in [0, 0.1) is 0 Å².